The van der Waals surface area contributed by atoms with E-state index in [9.17, 15) is 0 Å². The van der Waals surface area contributed by atoms with Gasteiger partial charge >= 0.3 is 0 Å². The number of para-hydroxylation sites is 1. The average Bonchev–Trinajstić information content (AvgIpc) is 2.76. The van der Waals surface area contributed by atoms with Gasteiger partial charge in [0.05, 0.1) is 11.0 Å². The molecule has 5 rings (SSSR count). The van der Waals surface area contributed by atoms with Gasteiger partial charge in [-0.15, -0.1) is 0 Å². The number of nitrogens with zero attached hydrogens (tertiary/aromatic N) is 1. The summed E-state index contributed by atoms with van der Waals surface area (Å²) >= 11 is 0. The van der Waals surface area contributed by atoms with Gasteiger partial charge < -0.3 is 0 Å². The SMILES string of the molecule is CCC1(C)[n+]2c(ccc3ccccc32)-c2cc(CC(C)C)cc3c2C1(C)CCC3C(C)C. The van der Waals surface area contributed by atoms with E-state index in [1.54, 1.807) is 11.1 Å². The van der Waals surface area contributed by atoms with Crippen molar-refractivity contribution < 1.29 is 4.57 Å². The van der Waals surface area contributed by atoms with E-state index in [1.165, 1.54) is 40.6 Å². The van der Waals surface area contributed by atoms with Gasteiger partial charge in [0, 0.05) is 30.9 Å². The molecule has 1 aromatic heterocycles. The van der Waals surface area contributed by atoms with Gasteiger partial charge in [0.2, 0.25) is 11.2 Å². The van der Waals surface area contributed by atoms with Gasteiger partial charge in [-0.05, 0) is 78.8 Å². The van der Waals surface area contributed by atoms with Crippen molar-refractivity contribution in [1.82, 2.24) is 0 Å². The highest BCUT2D eigenvalue weighted by atomic mass is 15.1. The molecule has 3 unspecified atom stereocenters. The molecule has 0 spiro atoms. The van der Waals surface area contributed by atoms with Crippen LogP contribution in [-0.4, -0.2) is 0 Å². The molecule has 2 heterocycles. The van der Waals surface area contributed by atoms with Crippen LogP contribution in [0.1, 0.15) is 90.3 Å². The van der Waals surface area contributed by atoms with Crippen molar-refractivity contribution in [3.63, 3.8) is 0 Å². The molecule has 0 amide bonds. The van der Waals surface area contributed by atoms with Gasteiger partial charge in [-0.2, -0.15) is 4.57 Å². The number of pyridine rings is 1. The fourth-order valence-corrected chi connectivity index (χ4v) is 7.12. The predicted molar refractivity (Wildman–Crippen MR) is 136 cm³/mol. The maximum Gasteiger partial charge on any atom is 0.213 e. The summed E-state index contributed by atoms with van der Waals surface area (Å²) in [6.07, 6.45) is 4.84. The van der Waals surface area contributed by atoms with Crippen LogP contribution in [0, 0.1) is 11.8 Å². The Hall–Kier alpha value is -2.15. The molecule has 0 saturated heterocycles. The molecule has 0 fully saturated rings. The molecule has 0 N–H and O–H groups in total. The number of hydrogen-bond acceptors (Lipinski definition) is 0. The molecular weight excluding hydrogens is 386 g/mol. The largest absolute Gasteiger partial charge is 0.213 e. The summed E-state index contributed by atoms with van der Waals surface area (Å²) in [6.45, 7) is 17.1. The first-order valence-corrected chi connectivity index (χ1v) is 12.8. The Labute approximate surface area is 194 Å². The zero-order valence-corrected chi connectivity index (χ0v) is 21.1. The van der Waals surface area contributed by atoms with Crippen LogP contribution in [0.3, 0.4) is 0 Å². The smallest absolute Gasteiger partial charge is 0.185 e. The van der Waals surface area contributed by atoms with Crippen LogP contribution in [0.25, 0.3) is 22.2 Å². The molecule has 0 saturated carbocycles. The van der Waals surface area contributed by atoms with E-state index >= 15 is 0 Å². The van der Waals surface area contributed by atoms with E-state index < -0.39 is 0 Å². The Morgan fingerprint density at radius 1 is 1.00 bits per heavy atom. The lowest BCUT2D eigenvalue weighted by atomic mass is 9.53. The Bertz CT molecular complexity index is 1190. The quantitative estimate of drug-likeness (QED) is 0.373. The molecule has 3 atom stereocenters. The van der Waals surface area contributed by atoms with Crippen LogP contribution in [0.2, 0.25) is 0 Å². The van der Waals surface area contributed by atoms with Crippen LogP contribution in [0.5, 0.6) is 0 Å². The van der Waals surface area contributed by atoms with Crippen LogP contribution in [0.15, 0.2) is 48.5 Å². The number of fused-ring (bicyclic) bond motifs is 4. The van der Waals surface area contributed by atoms with E-state index in [-0.39, 0.29) is 11.0 Å². The molecule has 3 aromatic rings. The maximum absolute atomic E-state index is 2.73. The molecule has 1 heteroatoms. The lowest BCUT2D eigenvalue weighted by Crippen LogP contribution is -2.68. The predicted octanol–water partition coefficient (Wildman–Crippen LogP) is 7.92. The van der Waals surface area contributed by atoms with E-state index in [0.717, 1.165) is 12.8 Å². The van der Waals surface area contributed by atoms with E-state index in [4.69, 9.17) is 0 Å². The molecule has 2 aliphatic rings. The number of rotatable bonds is 4. The van der Waals surface area contributed by atoms with E-state index in [1.807, 2.05) is 0 Å². The molecule has 32 heavy (non-hydrogen) atoms. The molecule has 1 nitrogen and oxygen atoms in total. The Kier molecular flexibility index (Phi) is 5.04. The summed E-state index contributed by atoms with van der Waals surface area (Å²) in [5, 5.41) is 1.34. The first kappa shape index (κ1) is 21.7. The average molecular weight is 427 g/mol. The number of aromatic nitrogens is 1. The van der Waals surface area contributed by atoms with Crippen LogP contribution < -0.4 is 4.57 Å². The summed E-state index contributed by atoms with van der Waals surface area (Å²) in [4.78, 5) is 0. The monoisotopic (exact) mass is 426 g/mol. The first-order chi connectivity index (χ1) is 15.2. The standard InChI is InChI=1S/C31H40N/c1-8-31(7)30(6)16-15-24(21(4)5)25-18-22(17-20(2)3)19-26(29(25)30)28-14-13-23-11-9-10-12-27(23)32(28)31/h9-14,18-21,24H,8,15-17H2,1-7H3/q+1. The second-order valence-electron chi connectivity index (χ2n) is 11.7. The van der Waals surface area contributed by atoms with Crippen LogP contribution in [0.4, 0.5) is 0 Å². The summed E-state index contributed by atoms with van der Waals surface area (Å²) in [5.74, 6) is 2.01. The summed E-state index contributed by atoms with van der Waals surface area (Å²) in [5.41, 5.74) is 9.31. The van der Waals surface area contributed by atoms with Gasteiger partial charge in [-0.1, -0.05) is 52.8 Å². The number of benzene rings is 2. The third-order valence-corrected chi connectivity index (χ3v) is 9.07. The van der Waals surface area contributed by atoms with E-state index in [2.05, 4.69) is 102 Å². The number of hydrogen-bond donors (Lipinski definition) is 0. The second-order valence-corrected chi connectivity index (χ2v) is 11.7. The highest BCUT2D eigenvalue weighted by molar-refractivity contribution is 5.80. The molecular formula is C31H40N+. The minimum atomic E-state index is 0.0481. The lowest BCUT2D eigenvalue weighted by molar-refractivity contribution is -0.743. The molecule has 0 bridgehead atoms. The topological polar surface area (TPSA) is 3.88 Å². The highest BCUT2D eigenvalue weighted by Gasteiger charge is 2.60. The Balaban J connectivity index is 1.93. The Morgan fingerprint density at radius 2 is 1.75 bits per heavy atom. The van der Waals surface area contributed by atoms with Gasteiger partial charge in [0.15, 0.2) is 5.54 Å². The van der Waals surface area contributed by atoms with Crippen molar-refractivity contribution >= 4 is 10.9 Å². The van der Waals surface area contributed by atoms with Crippen molar-refractivity contribution in [1.29, 1.82) is 0 Å². The van der Waals surface area contributed by atoms with Crippen molar-refractivity contribution in [3.8, 4) is 11.3 Å². The fourth-order valence-electron chi connectivity index (χ4n) is 7.12. The van der Waals surface area contributed by atoms with Crippen LogP contribution in [-0.2, 0) is 17.4 Å². The van der Waals surface area contributed by atoms with Crippen molar-refractivity contribution in [2.75, 3.05) is 0 Å². The third-order valence-electron chi connectivity index (χ3n) is 9.07. The molecule has 0 radical (unpaired) electrons. The van der Waals surface area contributed by atoms with Gasteiger partial charge in [0.25, 0.3) is 0 Å². The second kappa shape index (κ2) is 7.44. The van der Waals surface area contributed by atoms with Gasteiger partial charge in [-0.25, -0.2) is 0 Å². The molecule has 1 aliphatic heterocycles. The normalized spacial score (nSPS) is 26.5. The summed E-state index contributed by atoms with van der Waals surface area (Å²) in [7, 11) is 0. The van der Waals surface area contributed by atoms with Crippen LogP contribution >= 0.6 is 0 Å². The van der Waals surface area contributed by atoms with E-state index in [0.29, 0.717) is 17.8 Å². The summed E-state index contributed by atoms with van der Waals surface area (Å²) < 4.78 is 2.73. The lowest BCUT2D eigenvalue weighted by Gasteiger charge is -2.51. The first-order valence-electron chi connectivity index (χ1n) is 12.8. The van der Waals surface area contributed by atoms with Gasteiger partial charge in [-0.3, -0.25) is 0 Å². The zero-order chi connectivity index (χ0) is 22.8. The van der Waals surface area contributed by atoms with Crippen molar-refractivity contribution in [2.24, 2.45) is 11.8 Å². The molecule has 168 valence electrons. The Morgan fingerprint density at radius 3 is 2.44 bits per heavy atom. The highest BCUT2D eigenvalue weighted by Crippen LogP contribution is 2.58. The zero-order valence-electron chi connectivity index (χ0n) is 21.1. The molecule has 2 aromatic carbocycles. The maximum atomic E-state index is 2.73. The van der Waals surface area contributed by atoms with Gasteiger partial charge in [0.1, 0.15) is 0 Å². The summed E-state index contributed by atoms with van der Waals surface area (Å²) in [6, 6.07) is 18.9. The minimum Gasteiger partial charge on any atom is -0.185 e. The molecule has 1 aliphatic carbocycles. The van der Waals surface area contributed by atoms with Crippen molar-refractivity contribution in [2.45, 2.75) is 91.0 Å². The van der Waals surface area contributed by atoms with Crippen molar-refractivity contribution in [3.05, 3.63) is 65.2 Å². The third kappa shape index (κ3) is 2.86. The minimum absolute atomic E-state index is 0.0481. The fraction of sp³-hybridized carbons (Fsp3) is 0.516.